The number of nitrogens with zero attached hydrogens (tertiary/aromatic N) is 2. The third-order valence-corrected chi connectivity index (χ3v) is 5.53. The molecule has 0 aliphatic rings. The van der Waals surface area contributed by atoms with Gasteiger partial charge in [-0.2, -0.15) is 0 Å². The predicted molar refractivity (Wildman–Crippen MR) is 96.9 cm³/mol. The molecule has 0 fully saturated rings. The largest absolute Gasteiger partial charge is 0.327 e. The fourth-order valence-corrected chi connectivity index (χ4v) is 4.17. The third kappa shape index (κ3) is 2.49. The Labute approximate surface area is 143 Å². The Bertz CT molecular complexity index is 1180. The lowest BCUT2D eigenvalue weighted by atomic mass is 10.2. The van der Waals surface area contributed by atoms with Crippen LogP contribution >= 0.6 is 22.7 Å². The van der Waals surface area contributed by atoms with Crippen LogP contribution in [0.2, 0.25) is 0 Å². The van der Waals surface area contributed by atoms with Crippen molar-refractivity contribution in [1.82, 2.24) is 19.9 Å². The van der Waals surface area contributed by atoms with Crippen LogP contribution in [0, 0.1) is 13.8 Å². The number of fused-ring (bicyclic) bond motifs is 1. The zero-order valence-electron chi connectivity index (χ0n) is 12.8. The van der Waals surface area contributed by atoms with Gasteiger partial charge in [0.1, 0.15) is 11.4 Å². The van der Waals surface area contributed by atoms with Gasteiger partial charge >= 0.3 is 5.69 Å². The fourth-order valence-electron chi connectivity index (χ4n) is 2.45. The van der Waals surface area contributed by atoms with E-state index in [4.69, 9.17) is 0 Å². The molecule has 0 aliphatic heterocycles. The number of aromatic nitrogens is 4. The molecule has 0 bridgehead atoms. The molecule has 8 heteroatoms. The predicted octanol–water partition coefficient (Wildman–Crippen LogP) is 3.08. The van der Waals surface area contributed by atoms with Gasteiger partial charge in [0.15, 0.2) is 11.2 Å². The Morgan fingerprint density at radius 3 is 1.96 bits per heavy atom. The van der Waals surface area contributed by atoms with Crippen molar-refractivity contribution in [2.45, 2.75) is 13.8 Å². The van der Waals surface area contributed by atoms with Crippen LogP contribution in [-0.2, 0) is 0 Å². The lowest BCUT2D eigenvalue weighted by molar-refractivity contribution is 1.05. The first-order valence-electron chi connectivity index (χ1n) is 7.19. The van der Waals surface area contributed by atoms with Crippen molar-refractivity contribution in [3.05, 3.63) is 54.9 Å². The van der Waals surface area contributed by atoms with E-state index in [2.05, 4.69) is 19.9 Å². The smallest absolute Gasteiger partial charge is 0.290 e. The zero-order valence-corrected chi connectivity index (χ0v) is 14.5. The Morgan fingerprint density at radius 1 is 0.833 bits per heavy atom. The van der Waals surface area contributed by atoms with E-state index in [0.717, 1.165) is 19.5 Å². The van der Waals surface area contributed by atoms with Crippen LogP contribution in [0.4, 0.5) is 0 Å². The van der Waals surface area contributed by atoms with E-state index in [1.165, 1.54) is 0 Å². The minimum absolute atomic E-state index is 0.132. The summed E-state index contributed by atoms with van der Waals surface area (Å²) in [4.78, 5) is 41.6. The molecular formula is C16H12N4O2S2. The standard InChI is InChI=1S/C16H12N4O2S2/c1-7-3-5-9(23-7)11-12(10-6-4-8(2)24-10)18-14-13(17-11)15(21)20-16(22)19-14/h3-6H,1-2H3,(H2,18,19,20,21,22). The van der Waals surface area contributed by atoms with Gasteiger partial charge < -0.3 is 0 Å². The summed E-state index contributed by atoms with van der Waals surface area (Å²) >= 11 is 3.19. The molecule has 0 aliphatic carbocycles. The topological polar surface area (TPSA) is 91.5 Å². The van der Waals surface area contributed by atoms with Crippen LogP contribution in [0.25, 0.3) is 32.3 Å². The normalized spacial score (nSPS) is 11.2. The molecule has 4 aromatic heterocycles. The van der Waals surface area contributed by atoms with Crippen LogP contribution in [0.1, 0.15) is 9.75 Å². The van der Waals surface area contributed by atoms with Crippen molar-refractivity contribution in [3.63, 3.8) is 0 Å². The van der Waals surface area contributed by atoms with Crippen molar-refractivity contribution >= 4 is 33.8 Å². The molecule has 0 amide bonds. The van der Waals surface area contributed by atoms with Gasteiger partial charge in [0, 0.05) is 9.75 Å². The second-order valence-electron chi connectivity index (χ2n) is 5.35. The minimum atomic E-state index is -0.588. The third-order valence-electron chi connectivity index (χ3n) is 3.52. The number of hydrogen-bond donors (Lipinski definition) is 2. The highest BCUT2D eigenvalue weighted by molar-refractivity contribution is 7.16. The van der Waals surface area contributed by atoms with Gasteiger partial charge in [-0.25, -0.2) is 14.8 Å². The molecule has 6 nitrogen and oxygen atoms in total. The summed E-state index contributed by atoms with van der Waals surface area (Å²) in [6, 6.07) is 7.97. The number of thiophene rings is 2. The summed E-state index contributed by atoms with van der Waals surface area (Å²) in [6.07, 6.45) is 0. The van der Waals surface area contributed by atoms with Crippen LogP contribution in [-0.4, -0.2) is 19.9 Å². The molecule has 24 heavy (non-hydrogen) atoms. The van der Waals surface area contributed by atoms with Crippen molar-refractivity contribution in [2.75, 3.05) is 0 Å². The van der Waals surface area contributed by atoms with Gasteiger partial charge in [-0.1, -0.05) is 0 Å². The van der Waals surface area contributed by atoms with Crippen molar-refractivity contribution in [2.24, 2.45) is 0 Å². The van der Waals surface area contributed by atoms with Gasteiger partial charge in [-0.15, -0.1) is 22.7 Å². The van der Waals surface area contributed by atoms with Gasteiger partial charge in [0.25, 0.3) is 5.56 Å². The number of nitrogens with one attached hydrogen (secondary N) is 2. The SMILES string of the molecule is Cc1ccc(-c2nc3[nH]c(=O)[nH]c(=O)c3nc2-c2ccc(C)s2)s1. The molecule has 120 valence electrons. The Morgan fingerprint density at radius 2 is 1.42 bits per heavy atom. The first-order valence-corrected chi connectivity index (χ1v) is 8.82. The van der Waals surface area contributed by atoms with Crippen molar-refractivity contribution in [3.8, 4) is 21.1 Å². The molecule has 0 atom stereocenters. The number of aryl methyl sites for hydroxylation is 2. The molecular weight excluding hydrogens is 344 g/mol. The molecule has 0 radical (unpaired) electrons. The maximum absolute atomic E-state index is 12.1. The number of H-pyrrole nitrogens is 2. The molecule has 0 saturated heterocycles. The van der Waals surface area contributed by atoms with E-state index in [9.17, 15) is 9.59 Å². The molecule has 0 aromatic carbocycles. The fraction of sp³-hybridized carbons (Fsp3) is 0.125. The zero-order chi connectivity index (χ0) is 16.8. The first kappa shape index (κ1) is 15.0. The molecule has 4 heterocycles. The van der Waals surface area contributed by atoms with Gasteiger partial charge in [0.2, 0.25) is 0 Å². The lowest BCUT2D eigenvalue weighted by Gasteiger charge is -2.06. The van der Waals surface area contributed by atoms with Gasteiger partial charge in [-0.3, -0.25) is 14.8 Å². The molecule has 0 unspecified atom stereocenters. The summed E-state index contributed by atoms with van der Waals surface area (Å²) in [5.74, 6) is 0. The average molecular weight is 356 g/mol. The number of hydrogen-bond acceptors (Lipinski definition) is 6. The van der Waals surface area contributed by atoms with E-state index in [1.807, 2.05) is 38.1 Å². The van der Waals surface area contributed by atoms with E-state index >= 15 is 0 Å². The summed E-state index contributed by atoms with van der Waals surface area (Å²) < 4.78 is 0. The highest BCUT2D eigenvalue weighted by Gasteiger charge is 2.17. The minimum Gasteiger partial charge on any atom is -0.290 e. The second kappa shape index (κ2) is 5.50. The first-order chi connectivity index (χ1) is 11.5. The highest BCUT2D eigenvalue weighted by atomic mass is 32.1. The summed E-state index contributed by atoms with van der Waals surface area (Å²) in [7, 11) is 0. The highest BCUT2D eigenvalue weighted by Crippen LogP contribution is 2.36. The van der Waals surface area contributed by atoms with E-state index in [-0.39, 0.29) is 11.2 Å². The number of rotatable bonds is 2. The monoisotopic (exact) mass is 356 g/mol. The van der Waals surface area contributed by atoms with E-state index in [1.54, 1.807) is 22.7 Å². The Balaban J connectivity index is 2.10. The molecule has 0 saturated carbocycles. The molecule has 4 rings (SSSR count). The molecule has 2 N–H and O–H groups in total. The summed E-state index contributed by atoms with van der Waals surface area (Å²) in [5, 5.41) is 0. The summed E-state index contributed by atoms with van der Waals surface area (Å²) in [5.41, 5.74) is 0.526. The Kier molecular flexibility index (Phi) is 3.43. The van der Waals surface area contributed by atoms with E-state index < -0.39 is 11.2 Å². The van der Waals surface area contributed by atoms with Crippen molar-refractivity contribution < 1.29 is 0 Å². The van der Waals surface area contributed by atoms with Crippen LogP contribution < -0.4 is 11.2 Å². The molecule has 4 aromatic rings. The molecule has 0 spiro atoms. The van der Waals surface area contributed by atoms with E-state index in [0.29, 0.717) is 11.4 Å². The Hall–Kier alpha value is -2.58. The quantitative estimate of drug-likeness (QED) is 0.577. The summed E-state index contributed by atoms with van der Waals surface area (Å²) in [6.45, 7) is 4.03. The van der Waals surface area contributed by atoms with Gasteiger partial charge in [-0.05, 0) is 38.1 Å². The maximum atomic E-state index is 12.1. The van der Waals surface area contributed by atoms with Crippen LogP contribution in [0.15, 0.2) is 33.9 Å². The lowest BCUT2D eigenvalue weighted by Crippen LogP contribution is -2.23. The second-order valence-corrected chi connectivity index (χ2v) is 7.92. The number of aromatic amines is 2. The van der Waals surface area contributed by atoms with Crippen LogP contribution in [0.5, 0.6) is 0 Å². The van der Waals surface area contributed by atoms with Crippen molar-refractivity contribution in [1.29, 1.82) is 0 Å². The average Bonchev–Trinajstić information content (AvgIpc) is 3.14. The van der Waals surface area contributed by atoms with Gasteiger partial charge in [0.05, 0.1) is 9.75 Å². The maximum Gasteiger partial charge on any atom is 0.327 e. The van der Waals surface area contributed by atoms with Crippen LogP contribution in [0.3, 0.4) is 0 Å².